The van der Waals surface area contributed by atoms with E-state index >= 15 is 0 Å². The first kappa shape index (κ1) is 21.5. The molecule has 154 valence electrons. The van der Waals surface area contributed by atoms with Crippen LogP contribution >= 0.6 is 15.9 Å². The number of benzene rings is 2. The maximum Gasteiger partial charge on any atom is 0.335 e. The van der Waals surface area contributed by atoms with Crippen LogP contribution in [0.25, 0.3) is 0 Å². The largest absolute Gasteiger partial charge is 0.478 e. The predicted octanol–water partition coefficient (Wildman–Crippen LogP) is 3.13. The van der Waals surface area contributed by atoms with Crippen LogP contribution in [0.15, 0.2) is 53.0 Å². The number of aliphatic hydroxyl groups excluding tert-OH is 1. The van der Waals surface area contributed by atoms with Gasteiger partial charge >= 0.3 is 5.97 Å². The molecule has 0 bridgehead atoms. The molecule has 0 aliphatic carbocycles. The second-order valence-electron chi connectivity index (χ2n) is 7.25. The number of hydrogen-bond acceptors (Lipinski definition) is 4. The molecule has 3 rings (SSSR count). The molecule has 1 aliphatic heterocycles. The maximum absolute atomic E-state index is 12.3. The van der Waals surface area contributed by atoms with Crippen LogP contribution in [0.2, 0.25) is 0 Å². The second kappa shape index (κ2) is 10.0. The Labute approximate surface area is 178 Å². The minimum Gasteiger partial charge on any atom is -0.478 e. The fourth-order valence-corrected chi connectivity index (χ4v) is 3.96. The van der Waals surface area contributed by atoms with Crippen molar-refractivity contribution < 1.29 is 19.8 Å². The molecule has 29 heavy (non-hydrogen) atoms. The Hall–Kier alpha value is -2.22. The van der Waals surface area contributed by atoms with Gasteiger partial charge in [-0.05, 0) is 54.7 Å². The van der Waals surface area contributed by atoms with Crippen LogP contribution in [-0.4, -0.2) is 57.8 Å². The Morgan fingerprint density at radius 2 is 1.86 bits per heavy atom. The van der Waals surface area contributed by atoms with E-state index in [2.05, 4.69) is 15.9 Å². The molecule has 1 aliphatic rings. The number of nitrogens with zero attached hydrogens (tertiary/aromatic N) is 2. The van der Waals surface area contributed by atoms with E-state index in [1.165, 1.54) is 0 Å². The molecule has 0 spiro atoms. The summed E-state index contributed by atoms with van der Waals surface area (Å²) < 4.78 is 0.995. The number of carbonyl (C=O) groups excluding carboxylic acids is 1. The third-order valence-electron chi connectivity index (χ3n) is 5.11. The van der Waals surface area contributed by atoms with Gasteiger partial charge in [0.05, 0.1) is 11.7 Å². The molecule has 2 N–H and O–H groups in total. The average molecular weight is 461 g/mol. The molecule has 0 aromatic heterocycles. The van der Waals surface area contributed by atoms with Gasteiger partial charge in [0.2, 0.25) is 5.91 Å². The minimum absolute atomic E-state index is 0.0913. The third kappa shape index (κ3) is 6.13. The monoisotopic (exact) mass is 460 g/mol. The molecule has 1 unspecified atom stereocenters. The zero-order valence-corrected chi connectivity index (χ0v) is 17.7. The quantitative estimate of drug-likeness (QED) is 0.600. The van der Waals surface area contributed by atoms with Gasteiger partial charge in [-0.25, -0.2) is 9.80 Å². The summed E-state index contributed by atoms with van der Waals surface area (Å²) in [6.07, 6.45) is 1.84. The van der Waals surface area contributed by atoms with E-state index in [0.29, 0.717) is 45.3 Å². The summed E-state index contributed by atoms with van der Waals surface area (Å²) >= 11 is 3.44. The number of hydrogen-bond donors (Lipinski definition) is 2. The summed E-state index contributed by atoms with van der Waals surface area (Å²) in [4.78, 5) is 23.2. The normalized spacial score (nSPS) is 15.7. The molecule has 0 saturated carbocycles. The molecule has 2 aromatic rings. The van der Waals surface area contributed by atoms with E-state index in [0.717, 1.165) is 15.6 Å². The first-order chi connectivity index (χ1) is 13.9. The van der Waals surface area contributed by atoms with Crippen LogP contribution in [0.4, 0.5) is 0 Å². The molecule has 0 radical (unpaired) electrons. The Morgan fingerprint density at radius 3 is 2.55 bits per heavy atom. The van der Waals surface area contributed by atoms with Crippen molar-refractivity contribution in [1.29, 1.82) is 0 Å². The maximum atomic E-state index is 12.3. The summed E-state index contributed by atoms with van der Waals surface area (Å²) in [5, 5.41) is 23.1. The number of hydrazine groups is 1. The number of aliphatic hydroxyl groups is 1. The van der Waals surface area contributed by atoms with Crippen LogP contribution < -0.4 is 0 Å². The molecule has 1 saturated heterocycles. The number of halogens is 1. The van der Waals surface area contributed by atoms with Crippen LogP contribution in [0.5, 0.6) is 0 Å². The smallest absolute Gasteiger partial charge is 0.335 e. The lowest BCUT2D eigenvalue weighted by atomic mass is 10.1. The molecule has 6 nitrogen and oxygen atoms in total. The lowest BCUT2D eigenvalue weighted by Crippen LogP contribution is -2.41. The van der Waals surface area contributed by atoms with Gasteiger partial charge in [-0.3, -0.25) is 9.80 Å². The lowest BCUT2D eigenvalue weighted by molar-refractivity contribution is -0.138. The molecule has 1 atom stereocenters. The van der Waals surface area contributed by atoms with Gasteiger partial charge in [0.25, 0.3) is 0 Å². The van der Waals surface area contributed by atoms with E-state index in [9.17, 15) is 14.7 Å². The third-order valence-corrected chi connectivity index (χ3v) is 5.60. The van der Waals surface area contributed by atoms with E-state index in [1.54, 1.807) is 29.3 Å². The van der Waals surface area contributed by atoms with Crippen molar-refractivity contribution in [1.82, 2.24) is 10.0 Å². The Balaban J connectivity index is 1.49. The fraction of sp³-hybridized carbons (Fsp3) is 0.364. The zero-order chi connectivity index (χ0) is 20.8. The summed E-state index contributed by atoms with van der Waals surface area (Å²) in [6, 6.07) is 14.7. The van der Waals surface area contributed by atoms with Crippen molar-refractivity contribution in [2.45, 2.75) is 31.8 Å². The number of amides is 1. The highest BCUT2D eigenvalue weighted by atomic mass is 79.9. The first-order valence-electron chi connectivity index (χ1n) is 9.72. The number of carbonyl (C=O) groups is 2. The van der Waals surface area contributed by atoms with Crippen LogP contribution in [0, 0.1) is 0 Å². The summed E-state index contributed by atoms with van der Waals surface area (Å²) in [7, 11) is 0. The van der Waals surface area contributed by atoms with E-state index in [-0.39, 0.29) is 11.5 Å². The van der Waals surface area contributed by atoms with Crippen LogP contribution in [0.3, 0.4) is 0 Å². The van der Waals surface area contributed by atoms with Gasteiger partial charge in [0.1, 0.15) is 0 Å². The average Bonchev–Trinajstić information content (AvgIpc) is 3.04. The van der Waals surface area contributed by atoms with Crippen molar-refractivity contribution >= 4 is 27.8 Å². The summed E-state index contributed by atoms with van der Waals surface area (Å²) in [6.45, 7) is 1.84. The predicted molar refractivity (Wildman–Crippen MR) is 113 cm³/mol. The van der Waals surface area contributed by atoms with Gasteiger partial charge in [0.15, 0.2) is 0 Å². The lowest BCUT2D eigenvalue weighted by Gasteiger charge is -2.28. The standard InChI is InChI=1S/C22H25BrN2O4/c23-19-3-1-2-17(14-19)15-20(26)9-11-24-12-10-21(27)25(24)13-8-16-4-6-18(7-5-16)22(28)29/h1-7,14,20,26H,8-13,15H2,(H,28,29). The Kier molecular flexibility index (Phi) is 7.41. The number of aromatic carboxylic acids is 1. The van der Waals surface area contributed by atoms with Gasteiger partial charge < -0.3 is 10.2 Å². The van der Waals surface area contributed by atoms with Gasteiger partial charge in [-0.1, -0.05) is 40.2 Å². The fourth-order valence-electron chi connectivity index (χ4n) is 3.52. The second-order valence-corrected chi connectivity index (χ2v) is 8.16. The SMILES string of the molecule is O=C(O)c1ccc(CCN2C(=O)CCN2CCC(O)Cc2cccc(Br)c2)cc1. The van der Waals surface area contributed by atoms with Crippen molar-refractivity contribution in [3.8, 4) is 0 Å². The van der Waals surface area contributed by atoms with E-state index < -0.39 is 12.1 Å². The van der Waals surface area contributed by atoms with Crippen LogP contribution in [0.1, 0.15) is 34.3 Å². The molecule has 1 amide bonds. The molecule has 1 fully saturated rings. The molecule has 2 aromatic carbocycles. The minimum atomic E-state index is -0.945. The zero-order valence-electron chi connectivity index (χ0n) is 16.1. The summed E-state index contributed by atoms with van der Waals surface area (Å²) in [5.74, 6) is -0.854. The molecular weight excluding hydrogens is 436 g/mol. The highest BCUT2D eigenvalue weighted by Crippen LogP contribution is 2.17. The Morgan fingerprint density at radius 1 is 1.10 bits per heavy atom. The summed E-state index contributed by atoms with van der Waals surface area (Å²) in [5.41, 5.74) is 2.32. The van der Waals surface area contributed by atoms with Crippen molar-refractivity contribution in [3.63, 3.8) is 0 Å². The topological polar surface area (TPSA) is 81.1 Å². The van der Waals surface area contributed by atoms with Crippen molar-refractivity contribution in [3.05, 3.63) is 69.7 Å². The number of carboxylic acid groups (broad SMARTS) is 1. The molecule has 7 heteroatoms. The van der Waals surface area contributed by atoms with Crippen molar-refractivity contribution in [2.24, 2.45) is 0 Å². The highest BCUT2D eigenvalue weighted by Gasteiger charge is 2.28. The van der Waals surface area contributed by atoms with Gasteiger partial charge in [-0.2, -0.15) is 0 Å². The number of carboxylic acids is 1. The number of rotatable bonds is 9. The highest BCUT2D eigenvalue weighted by molar-refractivity contribution is 9.10. The van der Waals surface area contributed by atoms with Gasteiger partial charge in [0, 0.05) is 30.5 Å². The molecule has 1 heterocycles. The Bertz CT molecular complexity index is 856. The van der Waals surface area contributed by atoms with Crippen LogP contribution in [-0.2, 0) is 17.6 Å². The molecular formula is C22H25BrN2O4. The van der Waals surface area contributed by atoms with Crippen molar-refractivity contribution in [2.75, 3.05) is 19.6 Å². The van der Waals surface area contributed by atoms with E-state index in [1.807, 2.05) is 29.3 Å². The first-order valence-corrected chi connectivity index (χ1v) is 10.5. The van der Waals surface area contributed by atoms with E-state index in [4.69, 9.17) is 5.11 Å². The van der Waals surface area contributed by atoms with Gasteiger partial charge in [-0.15, -0.1) is 0 Å².